The third-order valence-corrected chi connectivity index (χ3v) is 5.97. The number of amides is 5. The third kappa shape index (κ3) is 6.17. The van der Waals surface area contributed by atoms with Gasteiger partial charge in [-0.25, -0.2) is 4.79 Å². The zero-order chi connectivity index (χ0) is 25.8. The fourth-order valence-electron chi connectivity index (χ4n) is 4.20. The number of likely N-dealkylation sites (N-methyl/N-ethyl adjacent to an activating group) is 1. The Balaban J connectivity index is 1.48. The van der Waals surface area contributed by atoms with Crippen LogP contribution in [0.25, 0.3) is 0 Å². The second-order valence-corrected chi connectivity index (χ2v) is 9.82. The highest BCUT2D eigenvalue weighted by Gasteiger charge is 2.47. The average Bonchev–Trinajstić information content (AvgIpc) is 3.04. The first kappa shape index (κ1) is 26.2. The predicted molar refractivity (Wildman–Crippen MR) is 129 cm³/mol. The quantitative estimate of drug-likeness (QED) is 0.406. The molecule has 35 heavy (non-hydrogen) atoms. The van der Waals surface area contributed by atoms with Gasteiger partial charge in [0.15, 0.2) is 0 Å². The molecule has 1 unspecified atom stereocenters. The number of carbonyl (C=O) groups is 5. The normalized spacial score (nSPS) is 18.1. The number of fused-ring (bicyclic) bond motifs is 1. The Bertz CT molecular complexity index is 1020. The molecule has 0 saturated carbocycles. The highest BCUT2D eigenvalue weighted by molar-refractivity contribution is 6.25. The van der Waals surface area contributed by atoms with Crippen molar-refractivity contribution < 1.29 is 28.7 Å². The molecular formula is C25H34N4O6. The molecule has 0 spiro atoms. The highest BCUT2D eigenvalue weighted by atomic mass is 16.6. The van der Waals surface area contributed by atoms with E-state index in [-0.39, 0.29) is 29.9 Å². The summed E-state index contributed by atoms with van der Waals surface area (Å²) in [6, 6.07) is 4.07. The van der Waals surface area contributed by atoms with Crippen molar-refractivity contribution in [2.45, 2.75) is 70.9 Å². The van der Waals surface area contributed by atoms with Crippen molar-refractivity contribution >= 4 is 35.4 Å². The molecule has 2 N–H and O–H groups in total. The summed E-state index contributed by atoms with van der Waals surface area (Å²) >= 11 is 0. The molecule has 1 atom stereocenters. The maximum absolute atomic E-state index is 13.2. The molecule has 2 aliphatic heterocycles. The number of unbranched alkanes of at least 4 members (excludes halogenated alkanes) is 3. The lowest BCUT2D eigenvalue weighted by atomic mass is 10.0. The monoisotopic (exact) mass is 486 g/mol. The number of ether oxygens (including phenoxy) is 1. The summed E-state index contributed by atoms with van der Waals surface area (Å²) in [5.41, 5.74) is 0.576. The van der Waals surface area contributed by atoms with E-state index in [1.165, 1.54) is 7.05 Å². The first-order valence-electron chi connectivity index (χ1n) is 12.0. The predicted octanol–water partition coefficient (Wildman–Crippen LogP) is 2.93. The summed E-state index contributed by atoms with van der Waals surface area (Å²) in [6.45, 7) is 6.61. The van der Waals surface area contributed by atoms with Crippen LogP contribution in [0.1, 0.15) is 80.0 Å². The molecule has 1 fully saturated rings. The van der Waals surface area contributed by atoms with Crippen molar-refractivity contribution in [3.05, 3.63) is 29.3 Å². The number of piperidine rings is 1. The van der Waals surface area contributed by atoms with Crippen molar-refractivity contribution in [3.8, 4) is 0 Å². The molecule has 0 radical (unpaired) electrons. The minimum absolute atomic E-state index is 0.110. The Labute approximate surface area is 205 Å². The lowest BCUT2D eigenvalue weighted by Gasteiger charge is -2.32. The van der Waals surface area contributed by atoms with Gasteiger partial charge in [0.1, 0.15) is 11.6 Å². The number of benzene rings is 1. The van der Waals surface area contributed by atoms with Gasteiger partial charge < -0.3 is 15.4 Å². The number of imide groups is 2. The van der Waals surface area contributed by atoms with E-state index in [2.05, 4.69) is 10.6 Å². The molecular weight excluding hydrogens is 452 g/mol. The zero-order valence-corrected chi connectivity index (χ0v) is 20.8. The van der Waals surface area contributed by atoms with Crippen LogP contribution < -0.4 is 10.6 Å². The molecule has 2 heterocycles. The van der Waals surface area contributed by atoms with E-state index < -0.39 is 35.5 Å². The van der Waals surface area contributed by atoms with E-state index in [1.807, 2.05) is 20.8 Å². The number of nitrogens with one attached hydrogen (secondary N) is 2. The van der Waals surface area contributed by atoms with Gasteiger partial charge in [0.25, 0.3) is 17.7 Å². The van der Waals surface area contributed by atoms with Gasteiger partial charge in [-0.3, -0.25) is 29.0 Å². The van der Waals surface area contributed by atoms with Gasteiger partial charge in [-0.15, -0.1) is 0 Å². The van der Waals surface area contributed by atoms with Crippen molar-refractivity contribution in [2.75, 3.05) is 25.5 Å². The van der Waals surface area contributed by atoms with E-state index in [9.17, 15) is 24.0 Å². The molecule has 0 aromatic heterocycles. The second-order valence-electron chi connectivity index (χ2n) is 9.82. The van der Waals surface area contributed by atoms with Crippen LogP contribution in [0.5, 0.6) is 0 Å². The van der Waals surface area contributed by atoms with Gasteiger partial charge >= 0.3 is 6.09 Å². The minimum Gasteiger partial charge on any atom is -0.444 e. The number of hydrogen-bond acceptors (Lipinski definition) is 7. The molecule has 10 heteroatoms. The molecule has 0 aliphatic carbocycles. The number of carbonyl (C=O) groups excluding carboxylic acids is 5. The van der Waals surface area contributed by atoms with E-state index >= 15 is 0 Å². The minimum atomic E-state index is -0.966. The Morgan fingerprint density at radius 2 is 1.71 bits per heavy atom. The van der Waals surface area contributed by atoms with Gasteiger partial charge in [-0.05, 0) is 52.2 Å². The van der Waals surface area contributed by atoms with Crippen LogP contribution in [-0.2, 0) is 14.3 Å². The van der Waals surface area contributed by atoms with Gasteiger partial charge in [0.05, 0.1) is 11.1 Å². The smallest absolute Gasteiger partial charge is 0.407 e. The fourth-order valence-corrected chi connectivity index (χ4v) is 4.20. The summed E-state index contributed by atoms with van der Waals surface area (Å²) in [5.74, 6) is -1.87. The van der Waals surface area contributed by atoms with E-state index in [0.717, 1.165) is 35.5 Å². The molecule has 2 aliphatic rings. The number of likely N-dealkylation sites (tertiary alicyclic amines) is 1. The summed E-state index contributed by atoms with van der Waals surface area (Å²) < 4.78 is 5.20. The summed E-state index contributed by atoms with van der Waals surface area (Å²) in [6.07, 6.45) is 3.35. The zero-order valence-electron chi connectivity index (χ0n) is 20.8. The molecule has 1 saturated heterocycles. The lowest BCUT2D eigenvalue weighted by Crippen LogP contribution is -2.54. The number of anilines is 1. The Morgan fingerprint density at radius 1 is 1.03 bits per heavy atom. The second kappa shape index (κ2) is 10.9. The average molecular weight is 487 g/mol. The standard InChI is InChI=1S/C25H34N4O6/c1-25(2,3)35-24(34)27-15-8-6-5-7-14-26-17-11-9-10-16-20(17)23(33)29(21(16)31)18-12-13-19(30)28(4)22(18)32/h9-11,18,26H,5-8,12-15H2,1-4H3,(H,27,34). The summed E-state index contributed by atoms with van der Waals surface area (Å²) in [5, 5.41) is 5.98. The number of alkyl carbamates (subject to hydrolysis) is 1. The van der Waals surface area contributed by atoms with Crippen LogP contribution in [0, 0.1) is 0 Å². The molecule has 1 aromatic carbocycles. The summed E-state index contributed by atoms with van der Waals surface area (Å²) in [4.78, 5) is 64.1. The highest BCUT2D eigenvalue weighted by Crippen LogP contribution is 2.33. The summed E-state index contributed by atoms with van der Waals surface area (Å²) in [7, 11) is 1.37. The van der Waals surface area contributed by atoms with Crippen LogP contribution >= 0.6 is 0 Å². The number of hydrogen-bond donors (Lipinski definition) is 2. The first-order valence-corrected chi connectivity index (χ1v) is 12.0. The molecule has 190 valence electrons. The van der Waals surface area contributed by atoms with Gasteiger partial charge in [-0.2, -0.15) is 0 Å². The van der Waals surface area contributed by atoms with E-state index in [4.69, 9.17) is 4.74 Å². The third-order valence-electron chi connectivity index (χ3n) is 5.97. The van der Waals surface area contributed by atoms with Crippen molar-refractivity contribution in [2.24, 2.45) is 0 Å². The number of rotatable bonds is 9. The Kier molecular flexibility index (Phi) is 8.14. The van der Waals surface area contributed by atoms with Gasteiger partial charge in [0.2, 0.25) is 5.91 Å². The van der Waals surface area contributed by atoms with Gasteiger partial charge in [-0.1, -0.05) is 18.9 Å². The lowest BCUT2D eigenvalue weighted by molar-refractivity contribution is -0.149. The van der Waals surface area contributed by atoms with Crippen LogP contribution in [0.3, 0.4) is 0 Å². The molecule has 5 amide bonds. The van der Waals surface area contributed by atoms with E-state index in [0.29, 0.717) is 18.8 Å². The fraction of sp³-hybridized carbons (Fsp3) is 0.560. The number of nitrogens with zero attached hydrogens (tertiary/aromatic N) is 2. The SMILES string of the molecule is CN1C(=O)CCC(N2C(=O)c3cccc(NCCCCCCNC(=O)OC(C)(C)C)c3C2=O)C1=O. The molecule has 10 nitrogen and oxygen atoms in total. The largest absolute Gasteiger partial charge is 0.444 e. The maximum Gasteiger partial charge on any atom is 0.407 e. The Morgan fingerprint density at radius 3 is 2.40 bits per heavy atom. The van der Waals surface area contributed by atoms with Crippen LogP contribution in [0.4, 0.5) is 10.5 Å². The van der Waals surface area contributed by atoms with Crippen molar-refractivity contribution in [1.82, 2.24) is 15.1 Å². The van der Waals surface area contributed by atoms with Gasteiger partial charge in [0, 0.05) is 32.2 Å². The topological polar surface area (TPSA) is 125 Å². The molecule has 3 rings (SSSR count). The first-order chi connectivity index (χ1) is 16.5. The van der Waals surface area contributed by atoms with Crippen molar-refractivity contribution in [3.63, 3.8) is 0 Å². The van der Waals surface area contributed by atoms with Crippen molar-refractivity contribution in [1.29, 1.82) is 0 Å². The van der Waals surface area contributed by atoms with Crippen LogP contribution in [0.2, 0.25) is 0 Å². The van der Waals surface area contributed by atoms with Crippen LogP contribution in [-0.4, -0.2) is 71.3 Å². The molecule has 1 aromatic rings. The van der Waals surface area contributed by atoms with E-state index in [1.54, 1.807) is 18.2 Å². The van der Waals surface area contributed by atoms with Crippen LogP contribution in [0.15, 0.2) is 18.2 Å². The maximum atomic E-state index is 13.2. The Hall–Kier alpha value is -3.43. The molecule has 0 bridgehead atoms.